The Labute approximate surface area is 332 Å². The lowest BCUT2D eigenvalue weighted by Gasteiger charge is -2.40. The number of aldehydes is 1. The molecule has 0 bridgehead atoms. The number of anilines is 1. The van der Waals surface area contributed by atoms with Crippen molar-refractivity contribution in [3.63, 3.8) is 0 Å². The molecule has 10 nitrogen and oxygen atoms in total. The van der Waals surface area contributed by atoms with Gasteiger partial charge < -0.3 is 14.0 Å². The third-order valence-corrected chi connectivity index (χ3v) is 10.9. The molecule has 0 N–H and O–H groups in total. The highest BCUT2D eigenvalue weighted by Gasteiger charge is 2.27. The molecule has 1 aliphatic rings. The van der Waals surface area contributed by atoms with Gasteiger partial charge in [-0.1, -0.05) is 31.9 Å². The van der Waals surface area contributed by atoms with Crippen molar-refractivity contribution < 1.29 is 4.79 Å². The Morgan fingerprint density at radius 1 is 0.852 bits per heavy atom. The summed E-state index contributed by atoms with van der Waals surface area (Å²) in [5.74, 6) is 0. The van der Waals surface area contributed by atoms with Gasteiger partial charge in [-0.3, -0.25) is 24.3 Å². The zero-order valence-corrected chi connectivity index (χ0v) is 34.4. The minimum Gasteiger partial charge on any atom is -0.367 e. The molecule has 12 heteroatoms. The van der Waals surface area contributed by atoms with E-state index in [0.29, 0.717) is 18.2 Å². The van der Waals surface area contributed by atoms with Crippen molar-refractivity contribution in [2.75, 3.05) is 18.0 Å². The predicted octanol–water partition coefficient (Wildman–Crippen LogP) is 8.67. The second-order valence-electron chi connectivity index (χ2n) is 14.4. The summed E-state index contributed by atoms with van der Waals surface area (Å²) < 4.78 is 6.05. The Hall–Kier alpha value is -4.52. The largest absolute Gasteiger partial charge is 0.367 e. The molecule has 0 radical (unpaired) electrons. The van der Waals surface area contributed by atoms with Crippen LogP contribution in [0, 0.1) is 6.92 Å². The standard InChI is InChI=1S/C29H33BrN6O.C13H12BrNO2/c1-20(2)36-17-23(29(37)27-7-6-24(30)12-28(27)36)16-35(15-22-8-9-33-21(3)11-22)25-5-4-10-34(18-25)26-13-31-19-32-14-26;1-8(2)15-6-9(7-16)13(17)11-4-3-10(14)5-12(11)15/h6-9,11-14,17,19-20,25H,4-5,10,15-16,18H2,1-3H3;3-8H,1-2H3/t25-;/m0./s1. The van der Waals surface area contributed by atoms with E-state index in [0.717, 1.165) is 74.8 Å². The van der Waals surface area contributed by atoms with Gasteiger partial charge in [0.1, 0.15) is 6.33 Å². The van der Waals surface area contributed by atoms with Crippen LogP contribution in [0.3, 0.4) is 0 Å². The number of hydrogen-bond acceptors (Lipinski definition) is 8. The molecule has 1 saturated heterocycles. The quantitative estimate of drug-likeness (QED) is 0.133. The highest BCUT2D eigenvalue weighted by atomic mass is 79.9. The molecule has 0 saturated carbocycles. The first-order chi connectivity index (χ1) is 25.9. The van der Waals surface area contributed by atoms with E-state index in [1.165, 1.54) is 5.56 Å². The van der Waals surface area contributed by atoms with E-state index >= 15 is 0 Å². The Morgan fingerprint density at radius 2 is 1.48 bits per heavy atom. The Morgan fingerprint density at radius 3 is 2.09 bits per heavy atom. The fourth-order valence-electron chi connectivity index (χ4n) is 7.19. The van der Waals surface area contributed by atoms with Gasteiger partial charge in [-0.15, -0.1) is 0 Å². The molecule has 0 amide bonds. The normalized spacial score (nSPS) is 14.6. The maximum Gasteiger partial charge on any atom is 0.199 e. The summed E-state index contributed by atoms with van der Waals surface area (Å²) in [5, 5.41) is 1.34. The fourth-order valence-corrected chi connectivity index (χ4v) is 7.88. The van der Waals surface area contributed by atoms with E-state index < -0.39 is 0 Å². The number of fused-ring (bicyclic) bond motifs is 2. The second kappa shape index (κ2) is 17.3. The number of carbonyl (C=O) groups excluding carboxylic acids is 1. The predicted molar refractivity (Wildman–Crippen MR) is 223 cm³/mol. The number of halogens is 2. The molecule has 54 heavy (non-hydrogen) atoms. The van der Waals surface area contributed by atoms with Crippen LogP contribution in [0.2, 0.25) is 0 Å². The Kier molecular flexibility index (Phi) is 12.6. The van der Waals surface area contributed by atoms with Crippen LogP contribution >= 0.6 is 31.9 Å². The number of aryl methyl sites for hydroxylation is 1. The van der Waals surface area contributed by atoms with Gasteiger partial charge in [0.05, 0.1) is 34.7 Å². The van der Waals surface area contributed by atoms with Crippen molar-refractivity contribution in [3.8, 4) is 0 Å². The lowest BCUT2D eigenvalue weighted by molar-refractivity contribution is 0.112. The second-order valence-corrected chi connectivity index (χ2v) is 16.2. The number of hydrogen-bond donors (Lipinski definition) is 0. The van der Waals surface area contributed by atoms with Crippen LogP contribution in [0.25, 0.3) is 21.8 Å². The van der Waals surface area contributed by atoms with E-state index in [1.54, 1.807) is 18.6 Å². The summed E-state index contributed by atoms with van der Waals surface area (Å²) in [4.78, 5) is 54.3. The summed E-state index contributed by atoms with van der Waals surface area (Å²) in [6, 6.07) is 16.3. The molecule has 0 unspecified atom stereocenters. The number of nitrogens with zero attached hydrogens (tertiary/aromatic N) is 7. The number of piperidine rings is 1. The van der Waals surface area contributed by atoms with Gasteiger partial charge in [-0.2, -0.15) is 0 Å². The lowest BCUT2D eigenvalue weighted by Crippen LogP contribution is -2.48. The highest BCUT2D eigenvalue weighted by Crippen LogP contribution is 2.26. The zero-order valence-electron chi connectivity index (χ0n) is 31.2. The first kappa shape index (κ1) is 39.2. The molecule has 280 valence electrons. The number of rotatable bonds is 9. The van der Waals surface area contributed by atoms with Gasteiger partial charge in [-0.05, 0) is 102 Å². The number of pyridine rings is 3. The minimum atomic E-state index is -0.209. The smallest absolute Gasteiger partial charge is 0.199 e. The molecule has 1 atom stereocenters. The Bertz CT molecular complexity index is 2390. The van der Waals surface area contributed by atoms with E-state index in [9.17, 15) is 14.4 Å². The van der Waals surface area contributed by atoms with Gasteiger partial charge in [-0.25, -0.2) is 9.97 Å². The lowest BCUT2D eigenvalue weighted by atomic mass is 10.0. The van der Waals surface area contributed by atoms with Crippen molar-refractivity contribution >= 4 is 65.6 Å². The molecule has 2 aromatic carbocycles. The van der Waals surface area contributed by atoms with Crippen LogP contribution in [0.1, 0.15) is 79.8 Å². The summed E-state index contributed by atoms with van der Waals surface area (Å²) in [6.45, 7) is 13.6. The molecule has 1 aliphatic heterocycles. The number of carbonyl (C=O) groups is 1. The number of benzene rings is 2. The topological polar surface area (TPSA) is 106 Å². The van der Waals surface area contributed by atoms with Gasteiger partial charge >= 0.3 is 0 Å². The SMILES string of the molecule is CC(C)n1cc(C=O)c(=O)c2ccc(Br)cc21.Cc1cc(CN(Cc2cn(C(C)C)c3cc(Br)ccc3c2=O)[C@H]2CCCN(c3cncnc3)C2)ccn1. The van der Waals surface area contributed by atoms with Crippen LogP contribution in [0.4, 0.5) is 5.69 Å². The molecule has 0 spiro atoms. The molecule has 1 fully saturated rings. The molecular formula is C42H45Br2N7O3. The van der Waals surface area contributed by atoms with Crippen molar-refractivity contribution in [3.05, 3.63) is 138 Å². The molecule has 5 heterocycles. The maximum atomic E-state index is 13.7. The average Bonchev–Trinajstić information content (AvgIpc) is 3.16. The van der Waals surface area contributed by atoms with Crippen molar-refractivity contribution in [1.29, 1.82) is 0 Å². The van der Waals surface area contributed by atoms with Crippen molar-refractivity contribution in [2.24, 2.45) is 0 Å². The molecular weight excluding hydrogens is 810 g/mol. The minimum absolute atomic E-state index is 0.111. The first-order valence-corrected chi connectivity index (χ1v) is 19.8. The summed E-state index contributed by atoms with van der Waals surface area (Å²) >= 11 is 6.97. The van der Waals surface area contributed by atoms with Crippen LogP contribution in [0.5, 0.6) is 0 Å². The van der Waals surface area contributed by atoms with Gasteiger partial charge in [0.2, 0.25) is 0 Å². The number of aromatic nitrogens is 5. The van der Waals surface area contributed by atoms with Gasteiger partial charge in [0.25, 0.3) is 0 Å². The van der Waals surface area contributed by atoms with Crippen molar-refractivity contribution in [1.82, 2.24) is 29.0 Å². The summed E-state index contributed by atoms with van der Waals surface area (Å²) in [6.07, 6.45) is 13.7. The van der Waals surface area contributed by atoms with Crippen LogP contribution in [-0.4, -0.2) is 54.4 Å². The highest BCUT2D eigenvalue weighted by molar-refractivity contribution is 9.10. The van der Waals surface area contributed by atoms with Gasteiger partial charge in [0.15, 0.2) is 17.1 Å². The van der Waals surface area contributed by atoms with Gasteiger partial charge in [0, 0.05) is 93.9 Å². The van der Waals surface area contributed by atoms with E-state index in [4.69, 9.17) is 0 Å². The average molecular weight is 856 g/mol. The van der Waals surface area contributed by atoms with E-state index in [-0.39, 0.29) is 34.5 Å². The van der Waals surface area contributed by atoms with E-state index in [2.05, 4.69) is 93.4 Å². The Balaban J connectivity index is 0.000000244. The monoisotopic (exact) mass is 853 g/mol. The van der Waals surface area contributed by atoms with Crippen molar-refractivity contribution in [2.45, 2.75) is 78.7 Å². The van der Waals surface area contributed by atoms with E-state index in [1.807, 2.05) is 74.3 Å². The summed E-state index contributed by atoms with van der Waals surface area (Å²) in [5.41, 5.74) is 5.99. The maximum absolute atomic E-state index is 13.7. The summed E-state index contributed by atoms with van der Waals surface area (Å²) in [7, 11) is 0. The fraction of sp³-hybridized carbons (Fsp3) is 0.333. The zero-order chi connectivity index (χ0) is 38.5. The molecule has 7 rings (SSSR count). The first-order valence-electron chi connectivity index (χ1n) is 18.2. The van der Waals surface area contributed by atoms with Crippen LogP contribution in [-0.2, 0) is 13.1 Å². The molecule has 6 aromatic rings. The van der Waals surface area contributed by atoms with Crippen LogP contribution in [0.15, 0.2) is 104 Å². The third kappa shape index (κ3) is 8.88. The van der Waals surface area contributed by atoms with Crippen LogP contribution < -0.4 is 15.8 Å². The molecule has 4 aromatic heterocycles. The third-order valence-electron chi connectivity index (χ3n) is 9.88. The molecule has 0 aliphatic carbocycles.